The predicted octanol–water partition coefficient (Wildman–Crippen LogP) is 5.58. The second-order valence-electron chi connectivity index (χ2n) is 9.78. The number of ether oxygens (including phenoxy) is 1. The Hall–Kier alpha value is -3.14. The fraction of sp³-hybridized carbons (Fsp3) is 0.357. The van der Waals surface area contributed by atoms with Crippen LogP contribution in [0.15, 0.2) is 54.7 Å². The third kappa shape index (κ3) is 3.04. The Labute approximate surface area is 188 Å². The van der Waals surface area contributed by atoms with Crippen LogP contribution in [0.3, 0.4) is 0 Å². The lowest BCUT2D eigenvalue weighted by Gasteiger charge is -2.16. The number of hydrogen-bond donors (Lipinski definition) is 1. The molecule has 0 bridgehead atoms. The lowest BCUT2D eigenvalue weighted by Crippen LogP contribution is -2.06. The van der Waals surface area contributed by atoms with Gasteiger partial charge in [-0.05, 0) is 70.5 Å². The van der Waals surface area contributed by atoms with Crippen LogP contribution < -0.4 is 4.74 Å². The SMILES string of the molecule is Cc1ccccc1C1CC(C)c2ccc(COc3cc4c(cn3)[C@H]3[C@@H](C4)[C@@H]3C(=O)O)cc21. The summed E-state index contributed by atoms with van der Waals surface area (Å²) in [5.41, 5.74) is 9.11. The maximum Gasteiger partial charge on any atom is 0.307 e. The van der Waals surface area contributed by atoms with Crippen LogP contribution in [0.4, 0.5) is 0 Å². The number of aliphatic carboxylic acids is 1. The molecule has 4 nitrogen and oxygen atoms in total. The summed E-state index contributed by atoms with van der Waals surface area (Å²) in [5, 5.41) is 9.29. The summed E-state index contributed by atoms with van der Waals surface area (Å²) < 4.78 is 6.07. The highest BCUT2D eigenvalue weighted by atomic mass is 16.5. The van der Waals surface area contributed by atoms with E-state index < -0.39 is 5.97 Å². The number of carbonyl (C=O) groups is 1. The normalized spacial score (nSPS) is 26.9. The van der Waals surface area contributed by atoms with Crippen LogP contribution in [-0.4, -0.2) is 16.1 Å². The number of nitrogens with zero attached hydrogens (tertiary/aromatic N) is 1. The highest BCUT2D eigenvalue weighted by Crippen LogP contribution is 2.61. The summed E-state index contributed by atoms with van der Waals surface area (Å²) in [6.07, 6.45) is 3.80. The highest BCUT2D eigenvalue weighted by Gasteiger charge is 2.59. The number of rotatable bonds is 5. The van der Waals surface area contributed by atoms with Gasteiger partial charge >= 0.3 is 5.97 Å². The van der Waals surface area contributed by atoms with Crippen molar-refractivity contribution in [2.45, 2.75) is 51.0 Å². The Balaban J connectivity index is 1.20. The number of fused-ring (bicyclic) bond motifs is 4. The molecule has 1 fully saturated rings. The molecule has 1 N–H and O–H groups in total. The van der Waals surface area contributed by atoms with E-state index >= 15 is 0 Å². The third-order valence-corrected chi connectivity index (χ3v) is 7.87. The summed E-state index contributed by atoms with van der Waals surface area (Å²) in [4.78, 5) is 15.8. The minimum Gasteiger partial charge on any atom is -0.481 e. The molecular weight excluding hydrogens is 398 g/mol. The number of pyridine rings is 1. The molecule has 5 atom stereocenters. The van der Waals surface area contributed by atoms with E-state index in [1.165, 1.54) is 27.8 Å². The van der Waals surface area contributed by atoms with Crippen molar-refractivity contribution in [1.82, 2.24) is 4.98 Å². The van der Waals surface area contributed by atoms with Crippen LogP contribution >= 0.6 is 0 Å². The number of hydrogen-bond acceptors (Lipinski definition) is 3. The van der Waals surface area contributed by atoms with E-state index in [0.29, 0.717) is 24.3 Å². The average Bonchev–Trinajstić information content (AvgIpc) is 3.24. The highest BCUT2D eigenvalue weighted by molar-refractivity contribution is 5.77. The molecule has 4 heteroatoms. The summed E-state index contributed by atoms with van der Waals surface area (Å²) in [6, 6.07) is 17.5. The minimum atomic E-state index is -0.680. The zero-order valence-electron chi connectivity index (χ0n) is 18.4. The van der Waals surface area contributed by atoms with Crippen LogP contribution in [0.5, 0.6) is 5.88 Å². The molecular formula is C28H27NO3. The van der Waals surface area contributed by atoms with E-state index in [0.717, 1.165) is 24.0 Å². The van der Waals surface area contributed by atoms with Crippen molar-refractivity contribution < 1.29 is 14.6 Å². The van der Waals surface area contributed by atoms with Crippen LogP contribution in [0.2, 0.25) is 0 Å². The molecule has 3 aromatic rings. The molecule has 1 heterocycles. The standard InChI is InChI=1S/C28H27NO3/c1-15-5-3-4-6-19(15)21-9-16(2)20-8-7-17(10-22(20)21)14-32-25-12-18-11-23-26(24(18)13-29-25)27(23)28(30)31/h3-8,10,12-13,16,21,23,26-27H,9,11,14H2,1-2H3,(H,30,31)/t16?,21?,23-,26-,27+/m1/s1. The molecule has 0 spiro atoms. The Morgan fingerprint density at radius 2 is 1.94 bits per heavy atom. The largest absolute Gasteiger partial charge is 0.481 e. The Morgan fingerprint density at radius 3 is 2.75 bits per heavy atom. The molecule has 0 saturated heterocycles. The maximum atomic E-state index is 11.3. The Morgan fingerprint density at radius 1 is 1.09 bits per heavy atom. The van der Waals surface area contributed by atoms with E-state index in [9.17, 15) is 9.90 Å². The molecule has 1 aromatic heterocycles. The second-order valence-corrected chi connectivity index (χ2v) is 9.78. The first kappa shape index (κ1) is 19.5. The van der Waals surface area contributed by atoms with Crippen molar-refractivity contribution in [2.75, 3.05) is 0 Å². The zero-order chi connectivity index (χ0) is 22.0. The number of benzene rings is 2. The van der Waals surface area contributed by atoms with Gasteiger partial charge in [0.2, 0.25) is 5.88 Å². The molecule has 1 saturated carbocycles. The molecule has 0 aliphatic heterocycles. The number of carboxylic acid groups (broad SMARTS) is 1. The molecule has 0 amide bonds. The molecule has 32 heavy (non-hydrogen) atoms. The molecule has 0 radical (unpaired) electrons. The van der Waals surface area contributed by atoms with Gasteiger partial charge in [-0.25, -0.2) is 4.98 Å². The molecule has 162 valence electrons. The molecule has 2 unspecified atom stereocenters. The fourth-order valence-electron chi connectivity index (χ4n) is 6.19. The first-order valence-electron chi connectivity index (χ1n) is 11.5. The first-order valence-corrected chi connectivity index (χ1v) is 11.5. The van der Waals surface area contributed by atoms with Gasteiger partial charge in [0.05, 0.1) is 5.92 Å². The predicted molar refractivity (Wildman–Crippen MR) is 122 cm³/mol. The van der Waals surface area contributed by atoms with Gasteiger partial charge in [0, 0.05) is 24.1 Å². The first-order chi connectivity index (χ1) is 15.5. The van der Waals surface area contributed by atoms with Crippen LogP contribution in [0.1, 0.15) is 70.0 Å². The van der Waals surface area contributed by atoms with Crippen molar-refractivity contribution in [3.8, 4) is 5.88 Å². The quantitative estimate of drug-likeness (QED) is 0.580. The maximum absolute atomic E-state index is 11.3. The lowest BCUT2D eigenvalue weighted by molar-refractivity contribution is -0.139. The molecule has 6 rings (SSSR count). The van der Waals surface area contributed by atoms with Gasteiger partial charge in [-0.1, -0.05) is 49.4 Å². The van der Waals surface area contributed by atoms with Crippen molar-refractivity contribution in [1.29, 1.82) is 0 Å². The van der Waals surface area contributed by atoms with Gasteiger partial charge in [-0.3, -0.25) is 4.79 Å². The fourth-order valence-corrected chi connectivity index (χ4v) is 6.19. The number of carboxylic acids is 1. The van der Waals surface area contributed by atoms with Gasteiger partial charge in [0.15, 0.2) is 0 Å². The second kappa shape index (κ2) is 7.19. The van der Waals surface area contributed by atoms with E-state index in [1.54, 1.807) is 0 Å². The van der Waals surface area contributed by atoms with E-state index in [-0.39, 0.29) is 17.8 Å². The average molecular weight is 426 g/mol. The topological polar surface area (TPSA) is 59.4 Å². The Bertz CT molecular complexity index is 1230. The van der Waals surface area contributed by atoms with E-state index in [2.05, 4.69) is 61.3 Å². The zero-order valence-corrected chi connectivity index (χ0v) is 18.4. The summed E-state index contributed by atoms with van der Waals surface area (Å²) in [5.74, 6) is 1.13. The molecule has 3 aliphatic rings. The summed E-state index contributed by atoms with van der Waals surface area (Å²) >= 11 is 0. The third-order valence-electron chi connectivity index (χ3n) is 7.87. The minimum absolute atomic E-state index is 0.154. The van der Waals surface area contributed by atoms with Gasteiger partial charge in [-0.2, -0.15) is 0 Å². The van der Waals surface area contributed by atoms with E-state index in [1.807, 2.05) is 12.3 Å². The van der Waals surface area contributed by atoms with Crippen molar-refractivity contribution in [3.63, 3.8) is 0 Å². The van der Waals surface area contributed by atoms with Gasteiger partial charge in [0.25, 0.3) is 0 Å². The molecule has 3 aliphatic carbocycles. The monoisotopic (exact) mass is 425 g/mol. The number of aromatic nitrogens is 1. The van der Waals surface area contributed by atoms with Gasteiger partial charge < -0.3 is 9.84 Å². The number of aryl methyl sites for hydroxylation is 1. The van der Waals surface area contributed by atoms with Gasteiger partial charge in [-0.15, -0.1) is 0 Å². The molecule has 2 aromatic carbocycles. The van der Waals surface area contributed by atoms with Crippen molar-refractivity contribution >= 4 is 5.97 Å². The van der Waals surface area contributed by atoms with Crippen molar-refractivity contribution in [2.24, 2.45) is 11.8 Å². The van der Waals surface area contributed by atoms with E-state index in [4.69, 9.17) is 4.74 Å². The summed E-state index contributed by atoms with van der Waals surface area (Å²) in [7, 11) is 0. The Kier molecular flexibility index (Phi) is 4.39. The van der Waals surface area contributed by atoms with Gasteiger partial charge in [0.1, 0.15) is 6.61 Å². The van der Waals surface area contributed by atoms with Crippen LogP contribution in [0, 0.1) is 18.8 Å². The smallest absolute Gasteiger partial charge is 0.307 e. The summed E-state index contributed by atoms with van der Waals surface area (Å²) in [6.45, 7) is 5.01. The lowest BCUT2D eigenvalue weighted by atomic mass is 9.89. The van der Waals surface area contributed by atoms with Crippen LogP contribution in [-0.2, 0) is 17.8 Å². The van der Waals surface area contributed by atoms with Crippen LogP contribution in [0.25, 0.3) is 0 Å². The van der Waals surface area contributed by atoms with Crippen molar-refractivity contribution in [3.05, 3.63) is 93.7 Å².